The van der Waals surface area contributed by atoms with E-state index in [4.69, 9.17) is 0 Å². The van der Waals surface area contributed by atoms with E-state index in [1.807, 2.05) is 6.92 Å². The summed E-state index contributed by atoms with van der Waals surface area (Å²) < 4.78 is 13.4. The lowest BCUT2D eigenvalue weighted by molar-refractivity contribution is -0.385. The molecule has 1 aromatic rings. The predicted octanol–water partition coefficient (Wildman–Crippen LogP) is 1.95. The first-order valence-corrected chi connectivity index (χ1v) is 6.99. The van der Waals surface area contributed by atoms with Crippen molar-refractivity contribution < 1.29 is 14.1 Å². The molecule has 114 valence electrons. The zero-order valence-electron chi connectivity index (χ0n) is 11.8. The predicted molar refractivity (Wildman–Crippen MR) is 75.7 cm³/mol. The summed E-state index contributed by atoms with van der Waals surface area (Å²) in [5.74, 6) is -1.16. The number of rotatable bonds is 5. The van der Waals surface area contributed by atoms with Crippen molar-refractivity contribution in [3.63, 3.8) is 0 Å². The van der Waals surface area contributed by atoms with E-state index in [-0.39, 0.29) is 17.5 Å². The number of nitro benzene ring substituents is 1. The van der Waals surface area contributed by atoms with Crippen molar-refractivity contribution in [2.45, 2.75) is 25.8 Å². The fourth-order valence-electron chi connectivity index (χ4n) is 2.52. The van der Waals surface area contributed by atoms with Gasteiger partial charge in [0.15, 0.2) is 0 Å². The number of nitrogens with one attached hydrogen (secondary N) is 1. The largest absolute Gasteiger partial charge is 0.337 e. The first-order chi connectivity index (χ1) is 10.0. The molecule has 1 aliphatic heterocycles. The number of non-ortho nitro benzene ring substituents is 1. The van der Waals surface area contributed by atoms with Crippen LogP contribution in [0.5, 0.6) is 0 Å². The molecule has 21 heavy (non-hydrogen) atoms. The monoisotopic (exact) mass is 295 g/mol. The number of hydrogen-bond acceptors (Lipinski definition) is 4. The third kappa shape index (κ3) is 3.75. The molecule has 0 aromatic heterocycles. The van der Waals surface area contributed by atoms with Crippen LogP contribution in [0.15, 0.2) is 18.2 Å². The number of carbonyl (C=O) groups is 1. The summed E-state index contributed by atoms with van der Waals surface area (Å²) >= 11 is 0. The van der Waals surface area contributed by atoms with E-state index in [1.165, 1.54) is 0 Å². The maximum absolute atomic E-state index is 13.4. The van der Waals surface area contributed by atoms with Crippen molar-refractivity contribution >= 4 is 11.6 Å². The van der Waals surface area contributed by atoms with Crippen LogP contribution in [0.4, 0.5) is 10.1 Å². The zero-order chi connectivity index (χ0) is 15.4. The molecule has 1 aromatic carbocycles. The van der Waals surface area contributed by atoms with Crippen molar-refractivity contribution in [2.24, 2.45) is 0 Å². The van der Waals surface area contributed by atoms with Crippen LogP contribution in [0.2, 0.25) is 0 Å². The Balaban J connectivity index is 2.18. The van der Waals surface area contributed by atoms with E-state index < -0.39 is 16.4 Å². The molecule has 1 aliphatic rings. The Bertz CT molecular complexity index is 544. The number of amides is 1. The molecule has 7 heteroatoms. The van der Waals surface area contributed by atoms with Crippen LogP contribution in [-0.4, -0.2) is 41.4 Å². The molecule has 1 atom stereocenters. The third-order valence-corrected chi connectivity index (χ3v) is 3.61. The van der Waals surface area contributed by atoms with Crippen LogP contribution >= 0.6 is 0 Å². The average molecular weight is 295 g/mol. The Morgan fingerprint density at radius 3 is 2.86 bits per heavy atom. The van der Waals surface area contributed by atoms with Crippen molar-refractivity contribution in [1.29, 1.82) is 0 Å². The molecule has 6 nitrogen and oxygen atoms in total. The molecule has 1 unspecified atom stereocenters. The van der Waals surface area contributed by atoms with E-state index in [9.17, 15) is 19.3 Å². The maximum Gasteiger partial charge on any atom is 0.273 e. The SMILES string of the molecule is CCN(CC1CCCN1)C(=O)c1cc(F)cc([N+](=O)[O-])c1. The number of benzene rings is 1. The Labute approximate surface area is 122 Å². The van der Waals surface area contributed by atoms with Gasteiger partial charge in [-0.1, -0.05) is 0 Å². The molecule has 1 saturated heterocycles. The van der Waals surface area contributed by atoms with Crippen molar-refractivity contribution in [3.05, 3.63) is 39.7 Å². The summed E-state index contributed by atoms with van der Waals surface area (Å²) in [7, 11) is 0. The highest BCUT2D eigenvalue weighted by Crippen LogP contribution is 2.18. The lowest BCUT2D eigenvalue weighted by Crippen LogP contribution is -2.41. The summed E-state index contributed by atoms with van der Waals surface area (Å²) in [5.41, 5.74) is -0.394. The molecule has 1 amide bonds. The Kier molecular flexibility index (Phi) is 4.85. The fraction of sp³-hybridized carbons (Fsp3) is 0.500. The van der Waals surface area contributed by atoms with Crippen molar-refractivity contribution in [3.8, 4) is 0 Å². The third-order valence-electron chi connectivity index (χ3n) is 3.61. The van der Waals surface area contributed by atoms with Gasteiger partial charge in [0.05, 0.1) is 11.0 Å². The minimum Gasteiger partial charge on any atom is -0.337 e. The molecule has 0 spiro atoms. The van der Waals surface area contributed by atoms with Crippen molar-refractivity contribution in [1.82, 2.24) is 10.2 Å². The molecule has 1 N–H and O–H groups in total. The zero-order valence-corrected chi connectivity index (χ0v) is 11.8. The standard InChI is InChI=1S/C14H18FN3O3/c1-2-17(9-12-4-3-5-16-12)14(19)10-6-11(15)8-13(7-10)18(20)21/h6-8,12,16H,2-5,9H2,1H3. The summed E-state index contributed by atoms with van der Waals surface area (Å²) in [5, 5.41) is 14.0. The highest BCUT2D eigenvalue weighted by Gasteiger charge is 2.23. The Morgan fingerprint density at radius 2 is 2.29 bits per heavy atom. The fourth-order valence-corrected chi connectivity index (χ4v) is 2.52. The van der Waals surface area contributed by atoms with E-state index in [2.05, 4.69) is 5.32 Å². The normalized spacial score (nSPS) is 17.7. The number of halogens is 1. The van der Waals surface area contributed by atoms with Gasteiger partial charge in [0.2, 0.25) is 0 Å². The minimum absolute atomic E-state index is 0.0153. The Hall–Kier alpha value is -2.02. The second-order valence-corrected chi connectivity index (χ2v) is 5.09. The second kappa shape index (κ2) is 6.62. The van der Waals surface area contributed by atoms with Crippen LogP contribution in [0.25, 0.3) is 0 Å². The van der Waals surface area contributed by atoms with Gasteiger partial charge in [-0.15, -0.1) is 0 Å². The quantitative estimate of drug-likeness (QED) is 0.665. The summed E-state index contributed by atoms with van der Waals surface area (Å²) in [6, 6.07) is 3.21. The Morgan fingerprint density at radius 1 is 1.52 bits per heavy atom. The number of carbonyl (C=O) groups excluding carboxylic acids is 1. The first kappa shape index (κ1) is 15.4. The van der Waals surface area contributed by atoms with E-state index in [0.717, 1.165) is 37.6 Å². The molecular weight excluding hydrogens is 277 g/mol. The van der Waals surface area contributed by atoms with Gasteiger partial charge in [0, 0.05) is 30.8 Å². The van der Waals surface area contributed by atoms with E-state index in [1.54, 1.807) is 4.90 Å². The van der Waals surface area contributed by atoms with Crippen LogP contribution < -0.4 is 5.32 Å². The summed E-state index contributed by atoms with van der Waals surface area (Å²) in [4.78, 5) is 24.0. The van der Waals surface area contributed by atoms with Gasteiger partial charge in [-0.2, -0.15) is 0 Å². The topological polar surface area (TPSA) is 75.5 Å². The smallest absolute Gasteiger partial charge is 0.273 e. The summed E-state index contributed by atoms with van der Waals surface area (Å²) in [6.07, 6.45) is 2.06. The van der Waals surface area contributed by atoms with Gasteiger partial charge in [0.25, 0.3) is 11.6 Å². The molecule has 2 rings (SSSR count). The van der Waals surface area contributed by atoms with Crippen LogP contribution in [0.3, 0.4) is 0 Å². The minimum atomic E-state index is -0.775. The number of likely N-dealkylation sites (N-methyl/N-ethyl adjacent to an activating group) is 1. The number of nitro groups is 1. The second-order valence-electron chi connectivity index (χ2n) is 5.09. The highest BCUT2D eigenvalue weighted by atomic mass is 19.1. The van der Waals surface area contributed by atoms with Crippen LogP contribution in [0, 0.1) is 15.9 Å². The van der Waals surface area contributed by atoms with Gasteiger partial charge in [-0.25, -0.2) is 4.39 Å². The molecule has 0 bridgehead atoms. The first-order valence-electron chi connectivity index (χ1n) is 6.99. The molecule has 0 aliphatic carbocycles. The van der Waals surface area contributed by atoms with E-state index >= 15 is 0 Å². The van der Waals surface area contributed by atoms with E-state index in [0.29, 0.717) is 13.1 Å². The van der Waals surface area contributed by atoms with Gasteiger partial charge >= 0.3 is 0 Å². The van der Waals surface area contributed by atoms with Gasteiger partial charge in [-0.3, -0.25) is 14.9 Å². The lowest BCUT2D eigenvalue weighted by Gasteiger charge is -2.24. The maximum atomic E-state index is 13.4. The lowest BCUT2D eigenvalue weighted by atomic mass is 10.1. The average Bonchev–Trinajstić information content (AvgIpc) is 2.96. The number of nitrogens with zero attached hydrogens (tertiary/aromatic N) is 2. The van der Waals surface area contributed by atoms with Crippen LogP contribution in [0.1, 0.15) is 30.1 Å². The highest BCUT2D eigenvalue weighted by molar-refractivity contribution is 5.94. The molecule has 0 saturated carbocycles. The number of hydrogen-bond donors (Lipinski definition) is 1. The van der Waals surface area contributed by atoms with Gasteiger partial charge in [-0.05, 0) is 32.4 Å². The molecule has 1 heterocycles. The van der Waals surface area contributed by atoms with Gasteiger partial charge in [0.1, 0.15) is 5.82 Å². The molecule has 0 radical (unpaired) electrons. The van der Waals surface area contributed by atoms with Gasteiger partial charge < -0.3 is 10.2 Å². The van der Waals surface area contributed by atoms with Crippen LogP contribution in [-0.2, 0) is 0 Å². The molecule has 1 fully saturated rings. The molecular formula is C14H18FN3O3. The van der Waals surface area contributed by atoms with Crippen molar-refractivity contribution in [2.75, 3.05) is 19.6 Å². The summed E-state index contributed by atoms with van der Waals surface area (Å²) in [6.45, 7) is 3.77.